The summed E-state index contributed by atoms with van der Waals surface area (Å²) < 4.78 is 6.30. The molecule has 2 aromatic rings. The van der Waals surface area contributed by atoms with Crippen LogP contribution in [0.1, 0.15) is 27.2 Å². The highest BCUT2D eigenvalue weighted by atomic mass is 127. The quantitative estimate of drug-likeness (QED) is 0.612. The number of ether oxygens (including phenoxy) is 1. The summed E-state index contributed by atoms with van der Waals surface area (Å²) in [5.74, 6) is -0.181. The third-order valence-corrected chi connectivity index (χ3v) is 3.66. The molecule has 0 spiro atoms. The molecule has 0 atom stereocenters. The predicted octanol–water partition coefficient (Wildman–Crippen LogP) is 2.96. The number of aryl methyl sites for hydroxylation is 1. The van der Waals surface area contributed by atoms with Crippen LogP contribution in [0.15, 0.2) is 35.1 Å². The van der Waals surface area contributed by atoms with Crippen molar-refractivity contribution in [1.82, 2.24) is 4.98 Å². The van der Waals surface area contributed by atoms with Crippen LogP contribution in [0.25, 0.3) is 11.8 Å². The lowest BCUT2D eigenvalue weighted by atomic mass is 10.1. The van der Waals surface area contributed by atoms with Crippen LogP contribution in [-0.2, 0) is 4.74 Å². The highest BCUT2D eigenvalue weighted by Gasteiger charge is 2.29. The molecule has 1 aromatic heterocycles. The van der Waals surface area contributed by atoms with Crippen molar-refractivity contribution in [1.29, 1.82) is 0 Å². The number of esters is 1. The molecular weight excluding hydrogens is 369 g/mol. The molecule has 1 aliphatic heterocycles. The van der Waals surface area contributed by atoms with Gasteiger partial charge in [-0.2, -0.15) is 0 Å². The molecule has 5 heteroatoms. The second kappa shape index (κ2) is 4.90. The summed E-state index contributed by atoms with van der Waals surface area (Å²) in [5, 5.41) is 0. The molecular formula is C15H10INO3. The molecule has 4 nitrogen and oxygen atoms in total. The van der Waals surface area contributed by atoms with Crippen molar-refractivity contribution in [2.24, 2.45) is 0 Å². The summed E-state index contributed by atoms with van der Waals surface area (Å²) in [6.07, 6.45) is 1.77. The second-order valence-corrected chi connectivity index (χ2v) is 5.77. The van der Waals surface area contributed by atoms with Gasteiger partial charge in [0, 0.05) is 14.8 Å². The molecule has 0 saturated heterocycles. The smallest absolute Gasteiger partial charge is 0.349 e. The Morgan fingerprint density at radius 2 is 2.05 bits per heavy atom. The van der Waals surface area contributed by atoms with Gasteiger partial charge in [0.15, 0.2) is 0 Å². The Morgan fingerprint density at radius 1 is 1.25 bits per heavy atom. The van der Waals surface area contributed by atoms with E-state index in [1.54, 1.807) is 19.1 Å². The normalized spacial score (nSPS) is 15.3. The molecule has 3 rings (SSSR count). The first-order valence-corrected chi connectivity index (χ1v) is 7.06. The van der Waals surface area contributed by atoms with Gasteiger partial charge in [0.2, 0.25) is 0 Å². The van der Waals surface area contributed by atoms with Crippen LogP contribution >= 0.6 is 22.6 Å². The molecule has 0 bridgehead atoms. The van der Waals surface area contributed by atoms with E-state index in [4.69, 9.17) is 4.74 Å². The Hall–Kier alpha value is -1.89. The number of fused-ring (bicyclic) bond motifs is 1. The molecule has 1 aliphatic rings. The van der Waals surface area contributed by atoms with Gasteiger partial charge < -0.3 is 9.72 Å². The number of cyclic esters (lactones) is 1. The number of nitrogens with one attached hydrogen (secondary N) is 1. The summed E-state index contributed by atoms with van der Waals surface area (Å²) in [7, 11) is 0. The van der Waals surface area contributed by atoms with E-state index < -0.39 is 11.5 Å². The van der Waals surface area contributed by atoms with E-state index in [-0.39, 0.29) is 5.56 Å². The van der Waals surface area contributed by atoms with Crippen molar-refractivity contribution in [3.63, 3.8) is 0 Å². The number of pyridine rings is 1. The summed E-state index contributed by atoms with van der Waals surface area (Å²) in [4.78, 5) is 26.2. The number of rotatable bonds is 1. The number of carbonyl (C=O) groups excluding carboxylic acids is 1. The summed E-state index contributed by atoms with van der Waals surface area (Å²) in [6, 6.07) is 9.54. The monoisotopic (exact) mass is 379 g/mol. The average molecular weight is 379 g/mol. The van der Waals surface area contributed by atoms with Gasteiger partial charge in [-0.15, -0.1) is 0 Å². The van der Waals surface area contributed by atoms with Gasteiger partial charge in [-0.25, -0.2) is 4.79 Å². The zero-order valence-electron chi connectivity index (χ0n) is 10.6. The van der Waals surface area contributed by atoms with E-state index in [0.29, 0.717) is 17.0 Å². The van der Waals surface area contributed by atoms with E-state index >= 15 is 0 Å². The summed E-state index contributed by atoms with van der Waals surface area (Å²) >= 11 is 2.21. The minimum absolute atomic E-state index is 0.0764. The summed E-state index contributed by atoms with van der Waals surface area (Å²) in [6.45, 7) is 1.77. The molecule has 0 aliphatic carbocycles. The molecule has 20 heavy (non-hydrogen) atoms. The number of carbonyl (C=O) groups is 1. The van der Waals surface area contributed by atoms with Crippen molar-refractivity contribution in [2.45, 2.75) is 6.92 Å². The van der Waals surface area contributed by atoms with E-state index in [1.165, 1.54) is 0 Å². The Morgan fingerprint density at radius 3 is 2.80 bits per heavy atom. The molecule has 0 radical (unpaired) electrons. The Labute approximate surface area is 128 Å². The lowest BCUT2D eigenvalue weighted by Crippen LogP contribution is -2.16. The number of hydrogen-bond donors (Lipinski definition) is 1. The SMILES string of the molecule is Cc1cc2c(c(=O)[nH]1)C(=O)O/C2=C/c1cccc(I)c1. The van der Waals surface area contributed by atoms with Crippen LogP contribution in [0.3, 0.4) is 0 Å². The fourth-order valence-corrected chi connectivity index (χ4v) is 2.71. The van der Waals surface area contributed by atoms with Gasteiger partial charge >= 0.3 is 5.97 Å². The van der Waals surface area contributed by atoms with Gasteiger partial charge in [0.25, 0.3) is 5.56 Å². The molecule has 100 valence electrons. The van der Waals surface area contributed by atoms with Crippen molar-refractivity contribution in [3.05, 3.63) is 66.6 Å². The van der Waals surface area contributed by atoms with Crippen molar-refractivity contribution < 1.29 is 9.53 Å². The van der Waals surface area contributed by atoms with E-state index in [2.05, 4.69) is 27.6 Å². The average Bonchev–Trinajstić information content (AvgIpc) is 2.66. The molecule has 0 unspecified atom stereocenters. The molecule has 0 saturated carbocycles. The van der Waals surface area contributed by atoms with Crippen molar-refractivity contribution >= 4 is 40.4 Å². The maximum atomic E-state index is 11.8. The number of hydrogen-bond acceptors (Lipinski definition) is 3. The second-order valence-electron chi connectivity index (χ2n) is 4.52. The standard InChI is InChI=1S/C15H10INO3/c1-8-5-11-12(7-9-3-2-4-10(16)6-9)20-15(19)13(11)14(18)17-8/h2-7H,1H3,(H,17,18)/b12-7+. The van der Waals surface area contributed by atoms with Gasteiger partial charge in [0.1, 0.15) is 11.3 Å². The minimum atomic E-state index is -0.599. The van der Waals surface area contributed by atoms with Crippen LogP contribution in [-0.4, -0.2) is 11.0 Å². The van der Waals surface area contributed by atoms with Gasteiger partial charge in [0.05, 0.1) is 0 Å². The van der Waals surface area contributed by atoms with Crippen LogP contribution < -0.4 is 5.56 Å². The molecule has 0 fully saturated rings. The largest absolute Gasteiger partial charge is 0.422 e. The number of H-pyrrole nitrogens is 1. The van der Waals surface area contributed by atoms with Gasteiger partial charge in [-0.1, -0.05) is 12.1 Å². The zero-order chi connectivity index (χ0) is 14.3. The van der Waals surface area contributed by atoms with Crippen LogP contribution in [0.2, 0.25) is 0 Å². The van der Waals surface area contributed by atoms with Gasteiger partial charge in [-0.05, 0) is 59.4 Å². The minimum Gasteiger partial charge on any atom is -0.422 e. The third-order valence-electron chi connectivity index (χ3n) is 2.99. The van der Waals surface area contributed by atoms with E-state index in [0.717, 1.165) is 9.13 Å². The first-order valence-electron chi connectivity index (χ1n) is 5.98. The highest BCUT2D eigenvalue weighted by molar-refractivity contribution is 14.1. The summed E-state index contributed by atoms with van der Waals surface area (Å²) in [5.41, 5.74) is 1.84. The molecule has 1 aromatic carbocycles. The maximum Gasteiger partial charge on any atom is 0.349 e. The number of halogens is 1. The zero-order valence-corrected chi connectivity index (χ0v) is 12.7. The Kier molecular flexibility index (Phi) is 3.21. The topological polar surface area (TPSA) is 59.2 Å². The number of benzene rings is 1. The number of aromatic amines is 1. The molecule has 0 amide bonds. The lowest BCUT2D eigenvalue weighted by Gasteiger charge is -2.00. The first kappa shape index (κ1) is 13.1. The van der Waals surface area contributed by atoms with Crippen LogP contribution in [0, 0.1) is 10.5 Å². The van der Waals surface area contributed by atoms with Crippen LogP contribution in [0.5, 0.6) is 0 Å². The number of aromatic nitrogens is 1. The Bertz CT molecular complexity index is 805. The van der Waals surface area contributed by atoms with E-state index in [1.807, 2.05) is 24.3 Å². The first-order chi connectivity index (χ1) is 9.54. The van der Waals surface area contributed by atoms with Crippen molar-refractivity contribution in [3.8, 4) is 0 Å². The fraction of sp³-hybridized carbons (Fsp3) is 0.0667. The third kappa shape index (κ3) is 2.29. The van der Waals surface area contributed by atoms with E-state index in [9.17, 15) is 9.59 Å². The fourth-order valence-electron chi connectivity index (χ4n) is 2.15. The maximum absolute atomic E-state index is 11.8. The molecule has 1 N–H and O–H groups in total. The highest BCUT2D eigenvalue weighted by Crippen LogP contribution is 2.29. The van der Waals surface area contributed by atoms with Crippen molar-refractivity contribution in [2.75, 3.05) is 0 Å². The van der Waals surface area contributed by atoms with Crippen LogP contribution in [0.4, 0.5) is 0 Å². The Balaban J connectivity index is 2.16. The lowest BCUT2D eigenvalue weighted by molar-refractivity contribution is 0.0715. The molecule has 2 heterocycles. The van der Waals surface area contributed by atoms with Gasteiger partial charge in [-0.3, -0.25) is 4.79 Å². The predicted molar refractivity (Wildman–Crippen MR) is 84.2 cm³/mol.